The predicted octanol–water partition coefficient (Wildman–Crippen LogP) is -1.72. The number of nitrogens with two attached hydrogens (primary N) is 1. The standard InChI is InChI=1S/C8H15N4O13P3/c9-5-1-2-12(8(14)10-5)6-3-4(13)7(22-6)11-23-27(18,19)25-28(20,21)24-26(15,16)17/h1-2,4,6-7,11,13H,3H2,(H,18,19)(H,20,21)(H2,9,10,14)(H2,15,16,17)/t4-,6+,7-/m0/s1. The van der Waals surface area contributed by atoms with Gasteiger partial charge < -0.3 is 35.2 Å². The molecule has 0 aromatic carbocycles. The molecule has 0 spiro atoms. The molecule has 2 heterocycles. The maximum atomic E-state index is 11.7. The van der Waals surface area contributed by atoms with Gasteiger partial charge >= 0.3 is 29.2 Å². The minimum atomic E-state index is -5.69. The Balaban J connectivity index is 1.98. The first-order chi connectivity index (χ1) is 12.7. The lowest BCUT2D eigenvalue weighted by Crippen LogP contribution is -2.36. The number of hydroxylamine groups is 1. The molecule has 1 aromatic rings. The molecule has 5 atom stereocenters. The van der Waals surface area contributed by atoms with Gasteiger partial charge in [0.2, 0.25) is 0 Å². The zero-order valence-electron chi connectivity index (χ0n) is 13.4. The number of anilines is 1. The molecule has 0 saturated carbocycles. The van der Waals surface area contributed by atoms with E-state index in [1.54, 1.807) is 5.48 Å². The number of aromatic nitrogens is 2. The Morgan fingerprint density at radius 2 is 1.86 bits per heavy atom. The van der Waals surface area contributed by atoms with Gasteiger partial charge in [-0.3, -0.25) is 4.57 Å². The molecular weight excluding hydrogens is 453 g/mol. The molecule has 1 aliphatic rings. The van der Waals surface area contributed by atoms with E-state index in [9.17, 15) is 28.5 Å². The van der Waals surface area contributed by atoms with Gasteiger partial charge in [0.15, 0.2) is 6.23 Å². The number of ether oxygens (including phenoxy) is 1. The fourth-order valence-corrected chi connectivity index (χ4v) is 4.87. The topological polar surface area (TPSA) is 262 Å². The van der Waals surface area contributed by atoms with E-state index < -0.39 is 47.7 Å². The van der Waals surface area contributed by atoms with Gasteiger partial charge in [0.05, 0.1) is 6.10 Å². The van der Waals surface area contributed by atoms with Gasteiger partial charge in [-0.1, -0.05) is 0 Å². The molecule has 0 radical (unpaired) electrons. The van der Waals surface area contributed by atoms with Crippen molar-refractivity contribution in [3.05, 3.63) is 22.7 Å². The third-order valence-corrected chi connectivity index (χ3v) is 6.62. The van der Waals surface area contributed by atoms with E-state index >= 15 is 0 Å². The summed E-state index contributed by atoms with van der Waals surface area (Å²) in [5.41, 5.74) is 6.28. The van der Waals surface area contributed by atoms with Crippen LogP contribution in [0.1, 0.15) is 12.6 Å². The Bertz CT molecular complexity index is 915. The second kappa shape index (κ2) is 8.38. The van der Waals surface area contributed by atoms with Gasteiger partial charge in [0.25, 0.3) is 0 Å². The number of phosphoric acid groups is 3. The van der Waals surface area contributed by atoms with Gasteiger partial charge in [0.1, 0.15) is 12.0 Å². The molecule has 8 N–H and O–H groups in total. The summed E-state index contributed by atoms with van der Waals surface area (Å²) >= 11 is 0. The van der Waals surface area contributed by atoms with E-state index in [1.807, 2.05) is 0 Å². The number of aliphatic hydroxyl groups excluding tert-OH is 1. The van der Waals surface area contributed by atoms with Crippen LogP contribution in [0.5, 0.6) is 0 Å². The van der Waals surface area contributed by atoms with Gasteiger partial charge in [-0.2, -0.15) is 23.7 Å². The highest BCUT2D eigenvalue weighted by Gasteiger charge is 2.43. The van der Waals surface area contributed by atoms with E-state index in [-0.39, 0.29) is 12.2 Å². The Labute approximate surface area is 155 Å². The fraction of sp³-hybridized carbons (Fsp3) is 0.500. The first kappa shape index (κ1) is 23.3. The second-order valence-corrected chi connectivity index (χ2v) is 9.50. The first-order valence-electron chi connectivity index (χ1n) is 6.93. The van der Waals surface area contributed by atoms with E-state index in [2.05, 4.69) is 18.2 Å². The average molecular weight is 468 g/mol. The first-order valence-corrected chi connectivity index (χ1v) is 11.5. The van der Waals surface area contributed by atoms with Crippen LogP contribution < -0.4 is 16.9 Å². The minimum Gasteiger partial charge on any atom is -0.389 e. The van der Waals surface area contributed by atoms with Crippen LogP contribution in [-0.2, 0) is 31.7 Å². The van der Waals surface area contributed by atoms with E-state index in [1.165, 1.54) is 12.3 Å². The number of nitrogens with zero attached hydrogens (tertiary/aromatic N) is 2. The van der Waals surface area contributed by atoms with E-state index in [0.717, 1.165) is 4.57 Å². The SMILES string of the molecule is Nc1ccn([C@H]2C[C@H](O)[C@@H](NOP(=O)(O)OP(=O)(O)OP(=O)(O)O)O2)c(=O)n1. The minimum absolute atomic E-state index is 0.0536. The molecule has 1 fully saturated rings. The monoisotopic (exact) mass is 468 g/mol. The number of nitrogen functional groups attached to an aromatic ring is 1. The summed E-state index contributed by atoms with van der Waals surface area (Å²) in [6, 6.07) is 1.28. The molecule has 20 heteroatoms. The van der Waals surface area contributed by atoms with Crippen molar-refractivity contribution in [2.45, 2.75) is 25.0 Å². The predicted molar refractivity (Wildman–Crippen MR) is 85.5 cm³/mol. The molecule has 1 aromatic heterocycles. The van der Waals surface area contributed by atoms with Crippen molar-refractivity contribution in [1.29, 1.82) is 0 Å². The molecular formula is C8H15N4O13P3. The maximum absolute atomic E-state index is 11.7. The Kier molecular flexibility index (Phi) is 6.95. The lowest BCUT2D eigenvalue weighted by Gasteiger charge is -2.20. The van der Waals surface area contributed by atoms with Crippen molar-refractivity contribution in [2.24, 2.45) is 0 Å². The summed E-state index contributed by atoms with van der Waals surface area (Å²) in [5, 5.41) is 9.88. The molecule has 0 bridgehead atoms. The largest absolute Gasteiger partial charge is 0.497 e. The van der Waals surface area contributed by atoms with Crippen LogP contribution in [0.4, 0.5) is 5.82 Å². The average Bonchev–Trinajstić information content (AvgIpc) is 2.82. The highest BCUT2D eigenvalue weighted by molar-refractivity contribution is 7.66. The third kappa shape index (κ3) is 6.79. The number of nitrogens with one attached hydrogen (secondary N) is 1. The summed E-state index contributed by atoms with van der Waals surface area (Å²) in [7, 11) is -16.7. The molecule has 17 nitrogen and oxygen atoms in total. The molecule has 0 amide bonds. The van der Waals surface area contributed by atoms with Crippen LogP contribution in [0.2, 0.25) is 0 Å². The smallest absolute Gasteiger partial charge is 0.389 e. The maximum Gasteiger partial charge on any atom is 0.497 e. The number of hydrogen-bond acceptors (Lipinski definition) is 12. The zero-order valence-corrected chi connectivity index (χ0v) is 16.1. The van der Waals surface area contributed by atoms with Gasteiger partial charge in [-0.25, -0.2) is 18.5 Å². The van der Waals surface area contributed by atoms with Crippen LogP contribution in [-0.4, -0.2) is 46.6 Å². The van der Waals surface area contributed by atoms with Gasteiger partial charge in [-0.05, 0) is 6.07 Å². The number of aliphatic hydroxyl groups is 1. The van der Waals surface area contributed by atoms with Crippen LogP contribution >= 0.6 is 23.5 Å². The number of hydrogen-bond donors (Lipinski definition) is 7. The van der Waals surface area contributed by atoms with Crippen LogP contribution in [0, 0.1) is 0 Å². The fourth-order valence-electron chi connectivity index (χ4n) is 1.99. The highest BCUT2D eigenvalue weighted by Crippen LogP contribution is 2.66. The van der Waals surface area contributed by atoms with Crippen LogP contribution in [0.3, 0.4) is 0 Å². The molecule has 1 saturated heterocycles. The molecule has 160 valence electrons. The van der Waals surface area contributed by atoms with Crippen molar-refractivity contribution < 1.29 is 56.4 Å². The molecule has 28 heavy (non-hydrogen) atoms. The summed E-state index contributed by atoms with van der Waals surface area (Å²) in [6.45, 7) is 0. The summed E-state index contributed by atoms with van der Waals surface area (Å²) in [4.78, 5) is 50.4. The van der Waals surface area contributed by atoms with Crippen molar-refractivity contribution in [3.63, 3.8) is 0 Å². The van der Waals surface area contributed by atoms with Gasteiger partial charge in [0, 0.05) is 12.6 Å². The summed E-state index contributed by atoms with van der Waals surface area (Å²) in [6.07, 6.45) is -2.94. The summed E-state index contributed by atoms with van der Waals surface area (Å²) < 4.78 is 50.6. The zero-order chi connectivity index (χ0) is 21.3. The van der Waals surface area contributed by atoms with Crippen molar-refractivity contribution in [2.75, 3.05) is 5.73 Å². The van der Waals surface area contributed by atoms with Crippen molar-refractivity contribution in [1.82, 2.24) is 15.0 Å². The van der Waals surface area contributed by atoms with Crippen molar-refractivity contribution in [3.8, 4) is 0 Å². The Morgan fingerprint density at radius 3 is 2.43 bits per heavy atom. The highest BCUT2D eigenvalue weighted by atomic mass is 31.3. The van der Waals surface area contributed by atoms with Crippen molar-refractivity contribution >= 4 is 29.3 Å². The molecule has 1 aliphatic heterocycles. The summed E-state index contributed by atoms with van der Waals surface area (Å²) in [5.74, 6) is -0.0536. The lowest BCUT2D eigenvalue weighted by molar-refractivity contribution is -0.0921. The van der Waals surface area contributed by atoms with E-state index in [0.29, 0.717) is 0 Å². The molecule has 0 aliphatic carbocycles. The van der Waals surface area contributed by atoms with Gasteiger partial charge in [-0.15, -0.1) is 0 Å². The number of rotatable bonds is 8. The second-order valence-electron chi connectivity index (χ2n) is 5.16. The lowest BCUT2D eigenvalue weighted by atomic mass is 10.2. The molecule has 2 unspecified atom stereocenters. The van der Waals surface area contributed by atoms with Crippen LogP contribution in [0.15, 0.2) is 17.1 Å². The van der Waals surface area contributed by atoms with E-state index in [4.69, 9.17) is 25.2 Å². The Hall–Kier alpha value is -1.03. The quantitative estimate of drug-likeness (QED) is 0.165. The molecule has 2 rings (SSSR count). The Morgan fingerprint density at radius 1 is 1.21 bits per heavy atom. The third-order valence-electron chi connectivity index (χ3n) is 2.96. The normalized spacial score (nSPS) is 27.2. The van der Waals surface area contributed by atoms with Crippen LogP contribution in [0.25, 0.3) is 0 Å².